The number of hydrogen-bond acceptors (Lipinski definition) is 11. The molecule has 2 aromatic carbocycles. The highest BCUT2D eigenvalue weighted by Gasteiger charge is 2.50. The summed E-state index contributed by atoms with van der Waals surface area (Å²) in [5.41, 5.74) is -5.85. The van der Waals surface area contributed by atoms with Gasteiger partial charge in [-0.15, -0.1) is 4.09 Å². The molecular weight excluding hydrogens is 778 g/mol. The van der Waals surface area contributed by atoms with Crippen molar-refractivity contribution in [3.05, 3.63) is 35.8 Å². The zero-order valence-electron chi connectivity index (χ0n) is 31.6. The Bertz CT molecular complexity index is 2730. The predicted molar refractivity (Wildman–Crippen MR) is 201 cm³/mol. The highest BCUT2D eigenvalue weighted by Crippen LogP contribution is 2.46. The minimum Gasteiger partial charge on any atom is -0.461 e. The lowest BCUT2D eigenvalue weighted by Gasteiger charge is -2.31. The van der Waals surface area contributed by atoms with E-state index in [-0.39, 0.29) is 76.0 Å². The summed E-state index contributed by atoms with van der Waals surface area (Å²) in [6.45, 7) is 5.45. The summed E-state index contributed by atoms with van der Waals surface area (Å²) in [6.07, 6.45) is 2.25. The normalized spacial score (nSPS) is 23.8. The van der Waals surface area contributed by atoms with Crippen LogP contribution in [-0.2, 0) is 35.3 Å². The molecule has 7 heterocycles. The van der Waals surface area contributed by atoms with Gasteiger partial charge in [-0.1, -0.05) is 13.0 Å². The number of rotatable bonds is 7. The maximum atomic E-state index is 15.6. The fraction of sp³-hybridized carbons (Fsp3) is 0.514. The number of β-amino-alcohol motifs (C(OH)–C–C–N with tert-alkyl or cyclic N) is 1. The number of aliphatic hydroxyl groups is 1. The molecule has 3 fully saturated rings. The Morgan fingerprint density at radius 1 is 1.12 bits per heavy atom. The van der Waals surface area contributed by atoms with Crippen molar-refractivity contribution in [1.29, 1.82) is 0 Å². The summed E-state index contributed by atoms with van der Waals surface area (Å²) in [4.78, 5) is 13.8. The van der Waals surface area contributed by atoms with Gasteiger partial charge < -0.3 is 24.0 Å². The lowest BCUT2D eigenvalue weighted by molar-refractivity contribution is -0.0448. The molecular formula is C37H40F5N9O5S. The molecule has 0 saturated carbocycles. The number of fused-ring (bicyclic) bond motifs is 6. The van der Waals surface area contributed by atoms with Gasteiger partial charge in [0.2, 0.25) is 0 Å². The molecule has 3 aliphatic heterocycles. The molecule has 9 rings (SSSR count). The zero-order valence-corrected chi connectivity index (χ0v) is 32.4. The van der Waals surface area contributed by atoms with Crippen LogP contribution in [-0.4, -0.2) is 121 Å². The van der Waals surface area contributed by atoms with Crippen molar-refractivity contribution in [2.75, 3.05) is 50.9 Å². The minimum atomic E-state index is -5.96. The van der Waals surface area contributed by atoms with Gasteiger partial charge in [-0.05, 0) is 61.2 Å². The summed E-state index contributed by atoms with van der Waals surface area (Å²) < 4.78 is 113. The highest BCUT2D eigenvalue weighted by atomic mass is 32.2. The Labute approximate surface area is 322 Å². The molecule has 6 aromatic rings. The molecule has 14 nitrogen and oxygen atoms in total. The second kappa shape index (κ2) is 12.9. The van der Waals surface area contributed by atoms with Gasteiger partial charge >= 0.3 is 21.5 Å². The molecule has 4 aromatic heterocycles. The number of benzene rings is 2. The van der Waals surface area contributed by atoms with Crippen LogP contribution >= 0.6 is 0 Å². The lowest BCUT2D eigenvalue weighted by atomic mass is 9.92. The number of nitrogens with zero attached hydrogens (tertiary/aromatic N) is 9. The van der Waals surface area contributed by atoms with Gasteiger partial charge in [0.05, 0.1) is 53.4 Å². The quantitative estimate of drug-likeness (QED) is 0.218. The van der Waals surface area contributed by atoms with Crippen LogP contribution in [0, 0.1) is 5.82 Å². The Kier molecular flexibility index (Phi) is 8.59. The third-order valence-electron chi connectivity index (χ3n) is 11.7. The van der Waals surface area contributed by atoms with Gasteiger partial charge in [0.15, 0.2) is 5.65 Å². The van der Waals surface area contributed by atoms with E-state index in [0.717, 1.165) is 25.6 Å². The van der Waals surface area contributed by atoms with Gasteiger partial charge in [0, 0.05) is 44.6 Å². The molecule has 1 N–H and O–H groups in total. The van der Waals surface area contributed by atoms with Crippen LogP contribution < -0.4 is 9.64 Å². The van der Waals surface area contributed by atoms with E-state index in [1.165, 1.54) is 18.2 Å². The summed E-state index contributed by atoms with van der Waals surface area (Å²) in [6, 6.07) is 3.85. The summed E-state index contributed by atoms with van der Waals surface area (Å²) >= 11 is 0. The molecule has 0 amide bonds. The fourth-order valence-corrected chi connectivity index (χ4v) is 10.0. The van der Waals surface area contributed by atoms with E-state index >= 15 is 4.39 Å². The van der Waals surface area contributed by atoms with Gasteiger partial charge in [0.25, 0.3) is 0 Å². The molecule has 57 heavy (non-hydrogen) atoms. The summed E-state index contributed by atoms with van der Waals surface area (Å²) in [5.74, 6) is -0.166. The Balaban J connectivity index is 1.32. The fourth-order valence-electron chi connectivity index (χ4n) is 9.27. The SMILES string of the molecule is CCc1c(F)ccc2cc3c(cnn3S(=O)(=O)C(F)(F)F)c(-c3nn(C)c4c5c(N6CCOC[C@@](C)(O)C6)nc(OC[C@@]67CCCN6C[C@H](F)C7)nc5n(C)c34)c12. The van der Waals surface area contributed by atoms with Gasteiger partial charge in [-0.3, -0.25) is 9.58 Å². The smallest absolute Gasteiger partial charge is 0.461 e. The molecule has 304 valence electrons. The van der Waals surface area contributed by atoms with E-state index in [4.69, 9.17) is 24.5 Å². The maximum Gasteiger partial charge on any atom is 0.518 e. The number of alkyl halides is 4. The standard InChI is InChI=1S/C37H40F5N9O5S/c1-5-22-24(39)8-7-20-13-25-23(15-43-51(25)57(53,54)37(40,41)42)27(26(20)22)29-31-30(48(4)46-29)28-32(47(31)3)44-34(45-33(28)49-11-12-55-18-35(2,52)17-49)56-19-36-9-6-10-50(36)16-21(38)14-36/h7-8,13,15,21,52H,5-6,9-12,14,16-19H2,1-4H3/t21-,35+,36+/m1/s1. The topological polar surface area (TPSA) is 146 Å². The van der Waals surface area contributed by atoms with Crippen LogP contribution in [0.4, 0.5) is 27.8 Å². The highest BCUT2D eigenvalue weighted by molar-refractivity contribution is 7.90. The van der Waals surface area contributed by atoms with Gasteiger partial charge in [0.1, 0.15) is 35.7 Å². The van der Waals surface area contributed by atoms with Crippen LogP contribution in [0.5, 0.6) is 6.01 Å². The third kappa shape index (κ3) is 5.76. The van der Waals surface area contributed by atoms with E-state index in [0.29, 0.717) is 52.8 Å². The molecule has 3 aliphatic rings. The average molecular weight is 818 g/mol. The number of ether oxygens (including phenoxy) is 2. The number of anilines is 1. The molecule has 0 aliphatic carbocycles. The first-order chi connectivity index (χ1) is 26.9. The number of hydrogen-bond donors (Lipinski definition) is 1. The van der Waals surface area contributed by atoms with Crippen molar-refractivity contribution < 1.29 is 45.0 Å². The number of halogens is 5. The maximum absolute atomic E-state index is 15.6. The molecule has 3 atom stereocenters. The van der Waals surface area contributed by atoms with Crippen LogP contribution in [0.1, 0.15) is 38.7 Å². The van der Waals surface area contributed by atoms with Gasteiger partial charge in [-0.25, -0.2) is 8.78 Å². The molecule has 0 unspecified atom stereocenters. The molecule has 0 spiro atoms. The monoisotopic (exact) mass is 817 g/mol. The first-order valence-electron chi connectivity index (χ1n) is 18.7. The zero-order chi connectivity index (χ0) is 40.4. The van der Waals surface area contributed by atoms with Crippen molar-refractivity contribution in [3.63, 3.8) is 0 Å². The third-order valence-corrected chi connectivity index (χ3v) is 13.1. The van der Waals surface area contributed by atoms with E-state index in [9.17, 15) is 31.1 Å². The number of aromatic nitrogens is 7. The van der Waals surface area contributed by atoms with Crippen LogP contribution in [0.3, 0.4) is 0 Å². The van der Waals surface area contributed by atoms with E-state index < -0.39 is 38.7 Å². The van der Waals surface area contributed by atoms with Crippen molar-refractivity contribution >= 4 is 59.6 Å². The first kappa shape index (κ1) is 37.9. The van der Waals surface area contributed by atoms with E-state index in [2.05, 4.69) is 10.00 Å². The summed E-state index contributed by atoms with van der Waals surface area (Å²) in [7, 11) is -2.57. The van der Waals surface area contributed by atoms with Crippen LogP contribution in [0.15, 0.2) is 24.4 Å². The first-order valence-corrected chi connectivity index (χ1v) is 20.1. The molecule has 3 saturated heterocycles. The molecule has 20 heteroatoms. The molecule has 0 radical (unpaired) electrons. The average Bonchev–Trinajstić information content (AvgIpc) is 3.92. The van der Waals surface area contributed by atoms with Crippen LogP contribution in [0.25, 0.3) is 55.0 Å². The van der Waals surface area contributed by atoms with Gasteiger partial charge in [-0.2, -0.15) is 41.8 Å². The Morgan fingerprint density at radius 2 is 1.91 bits per heavy atom. The second-order valence-corrected chi connectivity index (χ2v) is 17.5. The molecule has 0 bridgehead atoms. The Morgan fingerprint density at radius 3 is 2.67 bits per heavy atom. The van der Waals surface area contributed by atoms with Crippen molar-refractivity contribution in [1.82, 2.24) is 38.4 Å². The van der Waals surface area contributed by atoms with Crippen LogP contribution in [0.2, 0.25) is 0 Å². The number of aryl methyl sites for hydroxylation is 3. The summed E-state index contributed by atoms with van der Waals surface area (Å²) in [5, 5.41) is 21.0. The van der Waals surface area contributed by atoms with Crippen molar-refractivity contribution in [2.24, 2.45) is 14.1 Å². The van der Waals surface area contributed by atoms with E-state index in [1.807, 2.05) is 4.90 Å². The Hall–Kier alpha value is -4.66. The minimum absolute atomic E-state index is 0.0000276. The van der Waals surface area contributed by atoms with Crippen molar-refractivity contribution in [3.8, 4) is 17.3 Å². The van der Waals surface area contributed by atoms with E-state index in [1.54, 1.807) is 37.2 Å². The van der Waals surface area contributed by atoms with Crippen molar-refractivity contribution in [2.45, 2.75) is 62.4 Å². The lowest BCUT2D eigenvalue weighted by Crippen LogP contribution is -2.44. The largest absolute Gasteiger partial charge is 0.518 e. The predicted octanol–water partition coefficient (Wildman–Crippen LogP) is 4.97. The second-order valence-electron chi connectivity index (χ2n) is 15.7.